The topological polar surface area (TPSA) is 0 Å². The van der Waals surface area contributed by atoms with Crippen LogP contribution in [0.4, 0.5) is 0 Å². The highest BCUT2D eigenvalue weighted by Gasteiger charge is 2.38. The summed E-state index contributed by atoms with van der Waals surface area (Å²) in [5.41, 5.74) is 14.4. The van der Waals surface area contributed by atoms with Crippen LogP contribution in [0.1, 0.15) is 54.0 Å². The van der Waals surface area contributed by atoms with Crippen LogP contribution < -0.4 is 0 Å². The smallest absolute Gasteiger partial charge is 0.0121 e. The fourth-order valence-electron chi connectivity index (χ4n) is 8.63. The third kappa shape index (κ3) is 4.59. The van der Waals surface area contributed by atoms with Gasteiger partial charge < -0.3 is 0 Å². The molecule has 0 saturated heterocycles. The third-order valence-corrected chi connectivity index (χ3v) is 11.2. The van der Waals surface area contributed by atoms with Crippen LogP contribution in [0, 0.1) is 0 Å². The van der Waals surface area contributed by atoms with Crippen molar-refractivity contribution in [2.45, 2.75) is 31.6 Å². The normalized spacial score (nSPS) is 16.2. The summed E-state index contributed by atoms with van der Waals surface area (Å²) in [5, 5.41) is 7.45. The fourth-order valence-corrected chi connectivity index (χ4v) is 8.63. The number of allylic oxidation sites excluding steroid dienone is 4. The summed E-state index contributed by atoms with van der Waals surface area (Å²) in [6.07, 6.45) is 9.83. The van der Waals surface area contributed by atoms with Crippen molar-refractivity contribution in [2.24, 2.45) is 0 Å². The van der Waals surface area contributed by atoms with Crippen LogP contribution in [0.3, 0.4) is 0 Å². The Hall–Kier alpha value is -5.72. The molecule has 0 heteroatoms. The zero-order valence-corrected chi connectivity index (χ0v) is 28.1. The molecule has 0 heterocycles. The van der Waals surface area contributed by atoms with Crippen LogP contribution in [0.5, 0.6) is 0 Å². The van der Waals surface area contributed by atoms with Gasteiger partial charge in [0, 0.05) is 11.3 Å². The van der Waals surface area contributed by atoms with Gasteiger partial charge in [0.25, 0.3) is 0 Å². The largest absolute Gasteiger partial charge is 0.0984 e. The van der Waals surface area contributed by atoms with Crippen molar-refractivity contribution in [1.82, 2.24) is 0 Å². The summed E-state index contributed by atoms with van der Waals surface area (Å²) in [5.74, 6) is 0.387. The molecule has 0 aliphatic heterocycles. The molecule has 234 valence electrons. The first-order valence-electron chi connectivity index (χ1n) is 17.3. The van der Waals surface area contributed by atoms with Crippen molar-refractivity contribution in [3.63, 3.8) is 0 Å². The minimum Gasteiger partial charge on any atom is -0.0984 e. The summed E-state index contributed by atoms with van der Waals surface area (Å²) in [6, 6.07) is 47.1. The second-order valence-electron chi connectivity index (χ2n) is 14.2. The zero-order valence-electron chi connectivity index (χ0n) is 28.1. The van der Waals surface area contributed by atoms with Crippen LogP contribution in [0.15, 0.2) is 158 Å². The fraction of sp³-hybridized carbons (Fsp3) is 0.102. The first kappa shape index (κ1) is 29.4. The van der Waals surface area contributed by atoms with Crippen molar-refractivity contribution in [3.8, 4) is 22.3 Å². The Morgan fingerprint density at radius 1 is 0.592 bits per heavy atom. The first-order valence-corrected chi connectivity index (χ1v) is 17.3. The van der Waals surface area contributed by atoms with Gasteiger partial charge in [-0.15, -0.1) is 0 Å². The molecule has 2 aliphatic carbocycles. The van der Waals surface area contributed by atoms with Crippen molar-refractivity contribution < 1.29 is 0 Å². The third-order valence-electron chi connectivity index (χ3n) is 11.2. The summed E-state index contributed by atoms with van der Waals surface area (Å²) >= 11 is 0. The highest BCUT2D eigenvalue weighted by atomic mass is 14.4. The monoisotopic (exact) mass is 626 g/mol. The molecule has 0 aromatic heterocycles. The lowest BCUT2D eigenvalue weighted by Gasteiger charge is -2.29. The standard InChI is InChI=1S/C49H38/c1-5-40-41(6-2)48-39(29-45(40)31-12-8-7-9-13-31)21-20-38-28-36(22-24-42(38)48)34-17-16-33-27-35(19-18-32(33)26-34)37-23-25-44-43-14-10-11-15-46(43)49(3,4)47(44)30-37/h5-29,37H,1-2,30H2,3-4H3. The molecule has 7 aromatic carbocycles. The Morgan fingerprint density at radius 3 is 2.08 bits per heavy atom. The Kier molecular flexibility index (Phi) is 6.71. The lowest BCUT2D eigenvalue weighted by molar-refractivity contribution is 0.591. The molecule has 0 saturated carbocycles. The SMILES string of the molecule is C=Cc1c(-c2ccccc2)cc2ccc3cc(-c4ccc5cc(C6C=CC7=C(C6)C(C)(C)c6ccccc67)ccc5c4)ccc3c2c1C=C. The van der Waals surface area contributed by atoms with Gasteiger partial charge >= 0.3 is 0 Å². The predicted octanol–water partition coefficient (Wildman–Crippen LogP) is 13.6. The molecule has 0 N–H and O–H groups in total. The summed E-state index contributed by atoms with van der Waals surface area (Å²) < 4.78 is 0. The van der Waals surface area contributed by atoms with Crippen LogP contribution in [0.25, 0.3) is 72.3 Å². The molecule has 1 atom stereocenters. The van der Waals surface area contributed by atoms with Crippen LogP contribution in [-0.4, -0.2) is 0 Å². The van der Waals surface area contributed by atoms with Crippen LogP contribution >= 0.6 is 0 Å². The number of hydrogen-bond donors (Lipinski definition) is 0. The second-order valence-corrected chi connectivity index (χ2v) is 14.2. The van der Waals surface area contributed by atoms with Gasteiger partial charge in [-0.05, 0) is 113 Å². The molecule has 49 heavy (non-hydrogen) atoms. The van der Waals surface area contributed by atoms with Crippen LogP contribution in [-0.2, 0) is 5.41 Å². The lowest BCUT2D eigenvalue weighted by atomic mass is 9.75. The molecule has 0 nitrogen and oxygen atoms in total. The van der Waals surface area contributed by atoms with Gasteiger partial charge in [0.2, 0.25) is 0 Å². The number of hydrogen-bond acceptors (Lipinski definition) is 0. The van der Waals surface area contributed by atoms with E-state index >= 15 is 0 Å². The average Bonchev–Trinajstić information content (AvgIpc) is 3.39. The Bertz CT molecular complexity index is 2570. The number of benzene rings is 7. The Labute approximate surface area is 289 Å². The van der Waals surface area contributed by atoms with Gasteiger partial charge in [0.05, 0.1) is 0 Å². The first-order chi connectivity index (χ1) is 23.9. The molecule has 9 rings (SSSR count). The zero-order chi connectivity index (χ0) is 33.3. The minimum atomic E-state index is 0.0686. The van der Waals surface area contributed by atoms with Crippen molar-refractivity contribution in [3.05, 3.63) is 186 Å². The van der Waals surface area contributed by atoms with E-state index in [2.05, 4.69) is 167 Å². The molecule has 2 aliphatic rings. The van der Waals surface area contributed by atoms with E-state index in [1.54, 1.807) is 5.57 Å². The number of fused-ring (bicyclic) bond motifs is 6. The van der Waals surface area contributed by atoms with Gasteiger partial charge in [0.1, 0.15) is 0 Å². The van der Waals surface area contributed by atoms with Gasteiger partial charge in [0.15, 0.2) is 0 Å². The van der Waals surface area contributed by atoms with Crippen molar-refractivity contribution in [2.75, 3.05) is 0 Å². The summed E-state index contributed by atoms with van der Waals surface area (Å²) in [6.45, 7) is 13.2. The van der Waals surface area contributed by atoms with E-state index in [0.717, 1.165) is 17.5 Å². The molecule has 0 spiro atoms. The van der Waals surface area contributed by atoms with Crippen LogP contribution in [0.2, 0.25) is 0 Å². The lowest BCUT2D eigenvalue weighted by Crippen LogP contribution is -2.19. The quantitative estimate of drug-likeness (QED) is 0.167. The summed E-state index contributed by atoms with van der Waals surface area (Å²) in [7, 11) is 0. The highest BCUT2D eigenvalue weighted by Crippen LogP contribution is 2.52. The highest BCUT2D eigenvalue weighted by molar-refractivity contribution is 6.14. The summed E-state index contributed by atoms with van der Waals surface area (Å²) in [4.78, 5) is 0. The number of rotatable bonds is 5. The average molecular weight is 627 g/mol. The predicted molar refractivity (Wildman–Crippen MR) is 213 cm³/mol. The van der Waals surface area contributed by atoms with E-state index in [9.17, 15) is 0 Å². The minimum absolute atomic E-state index is 0.0686. The van der Waals surface area contributed by atoms with E-state index in [1.807, 2.05) is 12.2 Å². The van der Waals surface area contributed by atoms with E-state index in [-0.39, 0.29) is 5.41 Å². The molecule has 1 unspecified atom stereocenters. The van der Waals surface area contributed by atoms with Crippen molar-refractivity contribution in [1.29, 1.82) is 0 Å². The molecular formula is C49H38. The van der Waals surface area contributed by atoms with Gasteiger partial charge in [-0.25, -0.2) is 0 Å². The van der Waals surface area contributed by atoms with Gasteiger partial charge in [-0.3, -0.25) is 0 Å². The molecule has 0 amide bonds. The molecular weight excluding hydrogens is 589 g/mol. The maximum atomic E-state index is 4.24. The van der Waals surface area contributed by atoms with Crippen molar-refractivity contribution >= 4 is 50.0 Å². The Balaban J connectivity index is 1.05. The van der Waals surface area contributed by atoms with E-state index in [0.29, 0.717) is 5.92 Å². The second kappa shape index (κ2) is 11.2. The van der Waals surface area contributed by atoms with E-state index in [4.69, 9.17) is 0 Å². The van der Waals surface area contributed by atoms with E-state index in [1.165, 1.54) is 76.8 Å². The van der Waals surface area contributed by atoms with E-state index < -0.39 is 0 Å². The molecule has 0 radical (unpaired) electrons. The molecule has 0 fully saturated rings. The van der Waals surface area contributed by atoms with Gasteiger partial charge in [-0.2, -0.15) is 0 Å². The molecule has 0 bridgehead atoms. The Morgan fingerprint density at radius 2 is 1.27 bits per heavy atom. The van der Waals surface area contributed by atoms with Gasteiger partial charge in [-0.1, -0.05) is 166 Å². The maximum absolute atomic E-state index is 4.24. The molecule has 7 aromatic rings. The maximum Gasteiger partial charge on any atom is 0.0121 e.